The fourth-order valence-corrected chi connectivity index (χ4v) is 3.40. The molecule has 0 spiro atoms. The maximum atomic E-state index is 12.4. The molecule has 0 aliphatic rings. The van der Waals surface area contributed by atoms with Gasteiger partial charge in [0, 0.05) is 19.7 Å². The number of aryl methyl sites for hydroxylation is 1. The number of hydrogen-bond acceptors (Lipinski definition) is 5. The van der Waals surface area contributed by atoms with E-state index in [4.69, 9.17) is 21.1 Å². The number of sulfonamides is 1. The maximum Gasteiger partial charge on any atom is 0.340 e. The van der Waals surface area contributed by atoms with Crippen LogP contribution in [0.3, 0.4) is 0 Å². The number of ether oxygens (including phenoxy) is 2. The van der Waals surface area contributed by atoms with Gasteiger partial charge in [0.1, 0.15) is 12.4 Å². The molecule has 0 N–H and O–H groups in total. The van der Waals surface area contributed by atoms with E-state index in [9.17, 15) is 13.2 Å². The third-order valence-electron chi connectivity index (χ3n) is 3.73. The second kappa shape index (κ2) is 8.07. The summed E-state index contributed by atoms with van der Waals surface area (Å²) in [6.07, 6.45) is 0. The quantitative estimate of drug-likeness (QED) is 0.699. The van der Waals surface area contributed by atoms with E-state index in [1.54, 1.807) is 6.07 Å². The summed E-state index contributed by atoms with van der Waals surface area (Å²) in [6, 6.07) is 9.44. The minimum atomic E-state index is -3.69. The van der Waals surface area contributed by atoms with Gasteiger partial charge in [-0.15, -0.1) is 0 Å². The average Bonchev–Trinajstić information content (AvgIpc) is 2.59. The standard InChI is InChI=1S/C18H20ClNO5S/c1-12-5-8-17(24-4)13(9-12)11-25-18(21)15-10-14(6-7-16(15)19)26(22,23)20(2)3/h5-10H,11H2,1-4H3. The SMILES string of the molecule is COc1ccc(C)cc1COC(=O)c1cc(S(=O)(=O)N(C)C)ccc1Cl. The molecule has 0 aromatic heterocycles. The van der Waals surface area contributed by atoms with Crippen molar-refractivity contribution in [3.05, 3.63) is 58.1 Å². The molecule has 2 aromatic carbocycles. The Hall–Kier alpha value is -2.09. The Balaban J connectivity index is 2.27. The van der Waals surface area contributed by atoms with E-state index in [0.717, 1.165) is 9.87 Å². The Kier molecular flexibility index (Phi) is 6.28. The van der Waals surface area contributed by atoms with E-state index in [2.05, 4.69) is 0 Å². The van der Waals surface area contributed by atoms with Crippen LogP contribution in [0.5, 0.6) is 5.75 Å². The molecule has 0 fully saturated rings. The monoisotopic (exact) mass is 397 g/mol. The summed E-state index contributed by atoms with van der Waals surface area (Å²) in [5.74, 6) is -0.118. The fraction of sp³-hybridized carbons (Fsp3) is 0.278. The molecule has 0 radical (unpaired) electrons. The first-order chi connectivity index (χ1) is 12.2. The lowest BCUT2D eigenvalue weighted by Crippen LogP contribution is -2.22. The second-order valence-electron chi connectivity index (χ2n) is 5.82. The van der Waals surface area contributed by atoms with Crippen LogP contribution in [0.4, 0.5) is 0 Å². The van der Waals surface area contributed by atoms with Crippen LogP contribution < -0.4 is 4.74 Å². The van der Waals surface area contributed by atoms with E-state index >= 15 is 0 Å². The van der Waals surface area contributed by atoms with Crippen LogP contribution in [0.2, 0.25) is 5.02 Å². The zero-order valence-electron chi connectivity index (χ0n) is 14.9. The molecule has 26 heavy (non-hydrogen) atoms. The molecule has 0 bridgehead atoms. The number of nitrogens with zero attached hydrogens (tertiary/aromatic N) is 1. The van der Waals surface area contributed by atoms with E-state index in [1.807, 2.05) is 19.1 Å². The van der Waals surface area contributed by atoms with Gasteiger partial charge in [0.15, 0.2) is 0 Å². The topological polar surface area (TPSA) is 72.9 Å². The lowest BCUT2D eigenvalue weighted by molar-refractivity contribution is 0.0470. The van der Waals surface area contributed by atoms with Gasteiger partial charge >= 0.3 is 5.97 Å². The van der Waals surface area contributed by atoms with Crippen molar-refractivity contribution in [2.24, 2.45) is 0 Å². The van der Waals surface area contributed by atoms with Gasteiger partial charge in [-0.2, -0.15) is 0 Å². The Morgan fingerprint density at radius 1 is 1.15 bits per heavy atom. The largest absolute Gasteiger partial charge is 0.496 e. The molecule has 2 aromatic rings. The van der Waals surface area contributed by atoms with Gasteiger partial charge in [0.25, 0.3) is 0 Å². The molecular formula is C18H20ClNO5S. The molecule has 8 heteroatoms. The van der Waals surface area contributed by atoms with Crippen LogP contribution in [0.15, 0.2) is 41.3 Å². The highest BCUT2D eigenvalue weighted by Gasteiger charge is 2.21. The molecule has 0 aliphatic heterocycles. The molecule has 140 valence electrons. The normalized spacial score (nSPS) is 11.5. The van der Waals surface area contributed by atoms with E-state index in [0.29, 0.717) is 11.3 Å². The maximum absolute atomic E-state index is 12.4. The number of rotatable bonds is 6. The minimum absolute atomic E-state index is 0.0128. The number of methoxy groups -OCH3 is 1. The lowest BCUT2D eigenvalue weighted by atomic mass is 10.1. The molecule has 0 atom stereocenters. The molecule has 2 rings (SSSR count). The highest BCUT2D eigenvalue weighted by molar-refractivity contribution is 7.89. The Bertz CT molecular complexity index is 925. The van der Waals surface area contributed by atoms with Gasteiger partial charge < -0.3 is 9.47 Å². The third kappa shape index (κ3) is 4.35. The molecule has 0 unspecified atom stereocenters. The smallest absolute Gasteiger partial charge is 0.340 e. The summed E-state index contributed by atoms with van der Waals surface area (Å²) in [5, 5.41) is 0.115. The summed E-state index contributed by atoms with van der Waals surface area (Å²) in [5.41, 5.74) is 1.68. The first-order valence-electron chi connectivity index (χ1n) is 7.69. The highest BCUT2D eigenvalue weighted by atomic mass is 35.5. The van der Waals surface area contributed by atoms with Crippen LogP contribution in [0.25, 0.3) is 0 Å². The van der Waals surface area contributed by atoms with E-state index in [-0.39, 0.29) is 22.1 Å². The van der Waals surface area contributed by atoms with Crippen molar-refractivity contribution in [2.45, 2.75) is 18.4 Å². The molecule has 0 heterocycles. The lowest BCUT2D eigenvalue weighted by Gasteiger charge is -2.14. The van der Waals surface area contributed by atoms with Gasteiger partial charge in [0.05, 0.1) is 22.6 Å². The van der Waals surface area contributed by atoms with Crippen LogP contribution in [-0.4, -0.2) is 39.9 Å². The summed E-state index contributed by atoms with van der Waals surface area (Å²) in [6.45, 7) is 1.89. The number of esters is 1. The van der Waals surface area contributed by atoms with Crippen molar-refractivity contribution in [2.75, 3.05) is 21.2 Å². The fourth-order valence-electron chi connectivity index (χ4n) is 2.27. The molecule has 0 saturated heterocycles. The van der Waals surface area contributed by atoms with Gasteiger partial charge in [-0.25, -0.2) is 17.5 Å². The number of hydrogen-bond donors (Lipinski definition) is 0. The number of benzene rings is 2. The van der Waals surface area contributed by atoms with Crippen molar-refractivity contribution < 1.29 is 22.7 Å². The average molecular weight is 398 g/mol. The molecular weight excluding hydrogens is 378 g/mol. The van der Waals surface area contributed by atoms with Crippen LogP contribution in [0.1, 0.15) is 21.5 Å². The zero-order valence-corrected chi connectivity index (χ0v) is 16.5. The highest BCUT2D eigenvalue weighted by Crippen LogP contribution is 2.25. The zero-order chi connectivity index (χ0) is 19.5. The predicted molar refractivity (Wildman–Crippen MR) is 99.2 cm³/mol. The van der Waals surface area contributed by atoms with Crippen molar-refractivity contribution in [3.63, 3.8) is 0 Å². The molecule has 0 amide bonds. The van der Waals surface area contributed by atoms with Gasteiger partial charge in [-0.1, -0.05) is 23.2 Å². The van der Waals surface area contributed by atoms with Crippen molar-refractivity contribution >= 4 is 27.6 Å². The Morgan fingerprint density at radius 2 is 1.85 bits per heavy atom. The molecule has 0 aliphatic carbocycles. The predicted octanol–water partition coefficient (Wildman–Crippen LogP) is 3.26. The third-order valence-corrected chi connectivity index (χ3v) is 5.87. The molecule has 0 saturated carbocycles. The van der Waals surface area contributed by atoms with E-state index in [1.165, 1.54) is 39.4 Å². The Morgan fingerprint density at radius 3 is 2.46 bits per heavy atom. The Labute approximate surface area is 158 Å². The van der Waals surface area contributed by atoms with Crippen LogP contribution >= 0.6 is 11.6 Å². The summed E-state index contributed by atoms with van der Waals surface area (Å²) >= 11 is 6.05. The number of halogens is 1. The first kappa shape index (κ1) is 20.2. The van der Waals surface area contributed by atoms with Crippen LogP contribution in [-0.2, 0) is 21.4 Å². The van der Waals surface area contributed by atoms with Crippen molar-refractivity contribution in [1.82, 2.24) is 4.31 Å². The van der Waals surface area contributed by atoms with Crippen molar-refractivity contribution in [3.8, 4) is 5.75 Å². The van der Waals surface area contributed by atoms with Gasteiger partial charge in [-0.05, 0) is 37.3 Å². The van der Waals surface area contributed by atoms with Gasteiger partial charge in [0.2, 0.25) is 10.0 Å². The van der Waals surface area contributed by atoms with Gasteiger partial charge in [-0.3, -0.25) is 0 Å². The van der Waals surface area contributed by atoms with Crippen molar-refractivity contribution in [1.29, 1.82) is 0 Å². The summed E-state index contributed by atoms with van der Waals surface area (Å²) < 4.78 is 36.1. The molecule has 6 nitrogen and oxygen atoms in total. The first-order valence-corrected chi connectivity index (χ1v) is 9.51. The summed E-state index contributed by atoms with van der Waals surface area (Å²) in [7, 11) is 0.661. The number of carbonyl (C=O) groups is 1. The summed E-state index contributed by atoms with van der Waals surface area (Å²) in [4.78, 5) is 12.4. The number of carbonyl (C=O) groups excluding carboxylic acids is 1. The second-order valence-corrected chi connectivity index (χ2v) is 8.38. The van der Waals surface area contributed by atoms with E-state index < -0.39 is 16.0 Å². The van der Waals surface area contributed by atoms with Crippen LogP contribution in [0, 0.1) is 6.92 Å². The minimum Gasteiger partial charge on any atom is -0.496 e.